The molecule has 1 aromatic heterocycles. The van der Waals surface area contributed by atoms with E-state index >= 15 is 0 Å². The zero-order valence-corrected chi connectivity index (χ0v) is 10.6. The molecule has 1 rings (SSSR count). The third-order valence-corrected chi connectivity index (χ3v) is 3.14. The molecule has 0 radical (unpaired) electrons. The molecule has 3 heteroatoms. The Balaban J connectivity index is 2.79. The fourth-order valence-corrected chi connectivity index (χ4v) is 2.15. The lowest BCUT2D eigenvalue weighted by Gasteiger charge is -2.27. The van der Waals surface area contributed by atoms with Crippen molar-refractivity contribution in [2.45, 2.75) is 52.9 Å². The smallest absolute Gasteiger partial charge is 0.237 e. The Hall–Kier alpha value is -1.12. The molecular weight excluding hydrogens is 200 g/mol. The van der Waals surface area contributed by atoms with E-state index in [-0.39, 0.29) is 11.3 Å². The van der Waals surface area contributed by atoms with Gasteiger partial charge in [0.2, 0.25) is 5.91 Å². The van der Waals surface area contributed by atoms with Gasteiger partial charge in [0.05, 0.1) is 0 Å². The topological polar surface area (TPSA) is 34.9 Å². The van der Waals surface area contributed by atoms with Crippen LogP contribution in [0.25, 0.3) is 0 Å². The Morgan fingerprint density at radius 1 is 1.31 bits per heavy atom. The molecule has 0 fully saturated rings. The molecule has 0 saturated carbocycles. The Morgan fingerprint density at radius 2 is 2.06 bits per heavy atom. The first-order valence-electron chi connectivity index (χ1n) is 6.17. The summed E-state index contributed by atoms with van der Waals surface area (Å²) in [4.78, 5) is 16.3. The van der Waals surface area contributed by atoms with E-state index in [0.717, 1.165) is 32.1 Å². The fraction of sp³-hybridized carbons (Fsp3) is 0.692. The van der Waals surface area contributed by atoms with Gasteiger partial charge in [0.25, 0.3) is 0 Å². The predicted molar refractivity (Wildman–Crippen MR) is 65.4 cm³/mol. The molecule has 1 heterocycles. The molecule has 1 atom stereocenters. The molecule has 0 N–H and O–H groups in total. The lowest BCUT2D eigenvalue weighted by atomic mass is 9.80. The zero-order chi connectivity index (χ0) is 12.0. The third kappa shape index (κ3) is 2.94. The highest BCUT2D eigenvalue weighted by Gasteiger charge is 2.32. The van der Waals surface area contributed by atoms with Crippen LogP contribution in [-0.2, 0) is 0 Å². The Labute approximate surface area is 97.9 Å². The SMILES string of the molecule is CCCCC(C)(CCC)C(=O)n1ccnc1. The molecule has 3 nitrogen and oxygen atoms in total. The molecule has 90 valence electrons. The number of nitrogens with zero attached hydrogens (tertiary/aromatic N) is 2. The maximum Gasteiger partial charge on any atom is 0.237 e. The van der Waals surface area contributed by atoms with Crippen molar-refractivity contribution in [1.82, 2.24) is 9.55 Å². The van der Waals surface area contributed by atoms with Crippen LogP contribution in [0, 0.1) is 5.41 Å². The number of aromatic nitrogens is 2. The first kappa shape index (κ1) is 12.9. The van der Waals surface area contributed by atoms with Crippen molar-refractivity contribution in [3.63, 3.8) is 0 Å². The minimum Gasteiger partial charge on any atom is -0.276 e. The normalized spacial score (nSPS) is 14.7. The van der Waals surface area contributed by atoms with E-state index in [4.69, 9.17) is 0 Å². The van der Waals surface area contributed by atoms with Crippen LogP contribution in [0.15, 0.2) is 18.7 Å². The highest BCUT2D eigenvalue weighted by molar-refractivity contribution is 5.84. The van der Waals surface area contributed by atoms with E-state index in [9.17, 15) is 4.79 Å². The van der Waals surface area contributed by atoms with Gasteiger partial charge in [-0.1, -0.05) is 40.0 Å². The quantitative estimate of drug-likeness (QED) is 0.738. The lowest BCUT2D eigenvalue weighted by Crippen LogP contribution is -2.32. The van der Waals surface area contributed by atoms with Gasteiger partial charge >= 0.3 is 0 Å². The van der Waals surface area contributed by atoms with Crippen molar-refractivity contribution in [2.24, 2.45) is 5.41 Å². The number of hydrogen-bond donors (Lipinski definition) is 0. The molecule has 0 aliphatic heterocycles. The number of carbonyl (C=O) groups excluding carboxylic acids is 1. The maximum absolute atomic E-state index is 12.3. The molecule has 0 aliphatic carbocycles. The van der Waals surface area contributed by atoms with Gasteiger partial charge in [0, 0.05) is 17.8 Å². The van der Waals surface area contributed by atoms with E-state index in [0.29, 0.717) is 0 Å². The molecule has 1 unspecified atom stereocenters. The van der Waals surface area contributed by atoms with Gasteiger partial charge in [-0.2, -0.15) is 0 Å². The summed E-state index contributed by atoms with van der Waals surface area (Å²) in [5.74, 6) is 0.181. The van der Waals surface area contributed by atoms with E-state index < -0.39 is 0 Å². The summed E-state index contributed by atoms with van der Waals surface area (Å²) >= 11 is 0. The summed E-state index contributed by atoms with van der Waals surface area (Å²) in [5.41, 5.74) is -0.231. The summed E-state index contributed by atoms with van der Waals surface area (Å²) < 4.78 is 1.62. The van der Waals surface area contributed by atoms with Crippen LogP contribution < -0.4 is 0 Å². The van der Waals surface area contributed by atoms with Crippen molar-refractivity contribution >= 4 is 5.91 Å². The number of imidazole rings is 1. The van der Waals surface area contributed by atoms with Crippen LogP contribution >= 0.6 is 0 Å². The molecule has 0 aliphatic rings. The van der Waals surface area contributed by atoms with Crippen LogP contribution in [0.1, 0.15) is 57.7 Å². The summed E-state index contributed by atoms with van der Waals surface area (Å²) in [5, 5.41) is 0. The maximum atomic E-state index is 12.3. The van der Waals surface area contributed by atoms with Gasteiger partial charge in [0.1, 0.15) is 6.33 Å². The van der Waals surface area contributed by atoms with Crippen LogP contribution in [0.2, 0.25) is 0 Å². The minimum absolute atomic E-state index is 0.181. The van der Waals surface area contributed by atoms with Crippen LogP contribution in [0.3, 0.4) is 0 Å². The third-order valence-electron chi connectivity index (χ3n) is 3.14. The van der Waals surface area contributed by atoms with Crippen LogP contribution in [-0.4, -0.2) is 15.5 Å². The fourth-order valence-electron chi connectivity index (χ4n) is 2.15. The monoisotopic (exact) mass is 222 g/mol. The summed E-state index contributed by atoms with van der Waals surface area (Å²) in [7, 11) is 0. The van der Waals surface area contributed by atoms with Crippen molar-refractivity contribution in [3.8, 4) is 0 Å². The Kier molecular flexibility index (Phi) is 4.71. The molecule has 0 spiro atoms. The van der Waals surface area contributed by atoms with Crippen molar-refractivity contribution in [1.29, 1.82) is 0 Å². The highest BCUT2D eigenvalue weighted by atomic mass is 16.2. The molecule has 0 bridgehead atoms. The first-order valence-corrected chi connectivity index (χ1v) is 6.17. The van der Waals surface area contributed by atoms with Crippen molar-refractivity contribution in [2.75, 3.05) is 0 Å². The van der Waals surface area contributed by atoms with Crippen LogP contribution in [0.5, 0.6) is 0 Å². The Morgan fingerprint density at radius 3 is 2.56 bits per heavy atom. The standard InChI is InChI=1S/C13H22N2O/c1-4-6-8-13(3,7-5-2)12(16)15-10-9-14-11-15/h9-11H,4-8H2,1-3H3. The first-order chi connectivity index (χ1) is 7.64. The summed E-state index contributed by atoms with van der Waals surface area (Å²) in [6.07, 6.45) is 10.2. The van der Waals surface area contributed by atoms with Crippen molar-refractivity contribution in [3.05, 3.63) is 18.7 Å². The van der Waals surface area contributed by atoms with E-state index in [2.05, 4.69) is 25.8 Å². The molecule has 0 aromatic carbocycles. The number of unbranched alkanes of at least 4 members (excludes halogenated alkanes) is 1. The molecular formula is C13H22N2O. The minimum atomic E-state index is -0.231. The van der Waals surface area contributed by atoms with E-state index in [1.807, 2.05) is 0 Å². The van der Waals surface area contributed by atoms with Gasteiger partial charge in [-0.05, 0) is 12.8 Å². The van der Waals surface area contributed by atoms with Gasteiger partial charge < -0.3 is 0 Å². The largest absolute Gasteiger partial charge is 0.276 e. The highest BCUT2D eigenvalue weighted by Crippen LogP contribution is 2.31. The van der Waals surface area contributed by atoms with Gasteiger partial charge in [-0.3, -0.25) is 9.36 Å². The average Bonchev–Trinajstić information content (AvgIpc) is 2.79. The summed E-state index contributed by atoms with van der Waals surface area (Å²) in [6.45, 7) is 6.37. The second kappa shape index (κ2) is 5.83. The number of rotatable bonds is 6. The number of carbonyl (C=O) groups is 1. The second-order valence-electron chi connectivity index (χ2n) is 4.69. The van der Waals surface area contributed by atoms with Gasteiger partial charge in [-0.25, -0.2) is 4.98 Å². The zero-order valence-electron chi connectivity index (χ0n) is 10.6. The number of hydrogen-bond acceptors (Lipinski definition) is 2. The van der Waals surface area contributed by atoms with Crippen molar-refractivity contribution < 1.29 is 4.79 Å². The molecule has 16 heavy (non-hydrogen) atoms. The lowest BCUT2D eigenvalue weighted by molar-refractivity contribution is 0.0685. The molecule has 1 aromatic rings. The molecule has 0 saturated heterocycles. The van der Waals surface area contributed by atoms with Gasteiger partial charge in [-0.15, -0.1) is 0 Å². The molecule has 0 amide bonds. The van der Waals surface area contributed by atoms with E-state index in [1.165, 1.54) is 0 Å². The predicted octanol–water partition coefficient (Wildman–Crippen LogP) is 3.52. The van der Waals surface area contributed by atoms with Gasteiger partial charge in [0.15, 0.2) is 0 Å². The summed E-state index contributed by atoms with van der Waals surface area (Å²) in [6, 6.07) is 0. The average molecular weight is 222 g/mol. The van der Waals surface area contributed by atoms with Crippen LogP contribution in [0.4, 0.5) is 0 Å². The van der Waals surface area contributed by atoms with E-state index in [1.54, 1.807) is 23.3 Å². The second-order valence-corrected chi connectivity index (χ2v) is 4.69. The Bertz CT molecular complexity index is 319.